The fraction of sp³-hybridized carbons (Fsp3) is 0.308. The summed E-state index contributed by atoms with van der Waals surface area (Å²) >= 11 is 0. The van der Waals surface area contributed by atoms with E-state index < -0.39 is 0 Å². The van der Waals surface area contributed by atoms with E-state index in [4.69, 9.17) is 11.6 Å². The molecule has 0 atom stereocenters. The van der Waals surface area contributed by atoms with Crippen LogP contribution in [0.2, 0.25) is 0 Å². The van der Waals surface area contributed by atoms with Crippen LogP contribution in [0.5, 0.6) is 0 Å². The maximum atomic E-state index is 6.00. The van der Waals surface area contributed by atoms with Gasteiger partial charge in [-0.25, -0.2) is 9.66 Å². The molecule has 4 nitrogen and oxygen atoms in total. The highest BCUT2D eigenvalue weighted by Gasteiger charge is 2.24. The van der Waals surface area contributed by atoms with Crippen molar-refractivity contribution in [1.82, 2.24) is 9.66 Å². The highest BCUT2D eigenvalue weighted by Crippen LogP contribution is 2.30. The Morgan fingerprint density at radius 2 is 1.71 bits per heavy atom. The molecule has 0 fully saturated rings. The van der Waals surface area contributed by atoms with Crippen LogP contribution in [0.25, 0.3) is 11.4 Å². The Morgan fingerprint density at radius 3 is 2.18 bits per heavy atom. The van der Waals surface area contributed by atoms with Gasteiger partial charge in [0.25, 0.3) is 0 Å². The number of imidazole rings is 1. The SMILES string of the molecule is CC(C)(C)c1nc(-c2ccccc2)n(N)c1N. The van der Waals surface area contributed by atoms with Crippen molar-refractivity contribution < 1.29 is 0 Å². The number of nitrogens with zero attached hydrogens (tertiary/aromatic N) is 2. The molecule has 2 rings (SSSR count). The summed E-state index contributed by atoms with van der Waals surface area (Å²) < 4.78 is 1.45. The molecule has 0 radical (unpaired) electrons. The summed E-state index contributed by atoms with van der Waals surface area (Å²) in [5, 5.41) is 0. The van der Waals surface area contributed by atoms with E-state index in [0.29, 0.717) is 11.6 Å². The van der Waals surface area contributed by atoms with E-state index in [1.54, 1.807) is 0 Å². The van der Waals surface area contributed by atoms with Crippen LogP contribution in [0.3, 0.4) is 0 Å². The van der Waals surface area contributed by atoms with Crippen molar-refractivity contribution in [1.29, 1.82) is 0 Å². The van der Waals surface area contributed by atoms with Gasteiger partial charge in [-0.15, -0.1) is 0 Å². The molecule has 0 spiro atoms. The fourth-order valence-corrected chi connectivity index (χ4v) is 1.79. The summed E-state index contributed by atoms with van der Waals surface area (Å²) in [4.78, 5) is 4.56. The predicted molar refractivity (Wildman–Crippen MR) is 70.9 cm³/mol. The molecule has 0 aliphatic carbocycles. The minimum absolute atomic E-state index is 0.113. The molecule has 17 heavy (non-hydrogen) atoms. The fourth-order valence-electron chi connectivity index (χ4n) is 1.79. The first-order chi connectivity index (χ1) is 7.91. The molecule has 0 saturated carbocycles. The quantitative estimate of drug-likeness (QED) is 0.737. The van der Waals surface area contributed by atoms with E-state index in [0.717, 1.165) is 11.3 Å². The summed E-state index contributed by atoms with van der Waals surface area (Å²) in [6, 6.07) is 9.81. The lowest BCUT2D eigenvalue weighted by Gasteiger charge is -2.15. The van der Waals surface area contributed by atoms with Crippen molar-refractivity contribution in [2.45, 2.75) is 26.2 Å². The molecule has 0 amide bonds. The second-order valence-electron chi connectivity index (χ2n) is 5.16. The third kappa shape index (κ3) is 1.98. The molecule has 0 bridgehead atoms. The van der Waals surface area contributed by atoms with Gasteiger partial charge in [-0.05, 0) is 0 Å². The molecular weight excluding hydrogens is 212 g/mol. The van der Waals surface area contributed by atoms with Gasteiger partial charge in [0.05, 0.1) is 5.69 Å². The van der Waals surface area contributed by atoms with Crippen LogP contribution in [0.15, 0.2) is 30.3 Å². The van der Waals surface area contributed by atoms with Crippen molar-refractivity contribution >= 4 is 5.82 Å². The maximum absolute atomic E-state index is 6.00. The van der Waals surface area contributed by atoms with Crippen molar-refractivity contribution in [2.24, 2.45) is 0 Å². The molecule has 0 unspecified atom stereocenters. The number of nitrogen functional groups attached to an aromatic ring is 2. The number of hydrogen-bond donors (Lipinski definition) is 2. The van der Waals surface area contributed by atoms with Gasteiger partial charge in [-0.2, -0.15) is 0 Å². The zero-order valence-electron chi connectivity index (χ0n) is 10.4. The van der Waals surface area contributed by atoms with E-state index in [-0.39, 0.29) is 5.41 Å². The average Bonchev–Trinajstić information content (AvgIpc) is 2.57. The van der Waals surface area contributed by atoms with Crippen molar-refractivity contribution in [3.8, 4) is 11.4 Å². The van der Waals surface area contributed by atoms with Crippen LogP contribution in [0.1, 0.15) is 26.5 Å². The summed E-state index contributed by atoms with van der Waals surface area (Å²) in [6.07, 6.45) is 0. The monoisotopic (exact) mass is 230 g/mol. The van der Waals surface area contributed by atoms with E-state index in [2.05, 4.69) is 25.8 Å². The lowest BCUT2D eigenvalue weighted by atomic mass is 9.92. The Bertz CT molecular complexity index is 520. The smallest absolute Gasteiger partial charge is 0.160 e. The first kappa shape index (κ1) is 11.5. The number of rotatable bonds is 1. The van der Waals surface area contributed by atoms with E-state index in [9.17, 15) is 0 Å². The maximum Gasteiger partial charge on any atom is 0.160 e. The van der Waals surface area contributed by atoms with Gasteiger partial charge in [0.2, 0.25) is 0 Å². The molecule has 2 aromatic rings. The van der Waals surface area contributed by atoms with Gasteiger partial charge >= 0.3 is 0 Å². The molecule has 1 aromatic carbocycles. The number of hydrogen-bond acceptors (Lipinski definition) is 3. The second kappa shape index (κ2) is 3.80. The lowest BCUT2D eigenvalue weighted by molar-refractivity contribution is 0.575. The van der Waals surface area contributed by atoms with Crippen LogP contribution in [0, 0.1) is 0 Å². The molecule has 0 aliphatic heterocycles. The first-order valence-electron chi connectivity index (χ1n) is 5.60. The third-order valence-electron chi connectivity index (χ3n) is 2.69. The molecule has 0 aliphatic rings. The van der Waals surface area contributed by atoms with Crippen molar-refractivity contribution in [2.75, 3.05) is 11.6 Å². The highest BCUT2D eigenvalue weighted by molar-refractivity contribution is 5.61. The number of nitrogens with two attached hydrogens (primary N) is 2. The zero-order valence-corrected chi connectivity index (χ0v) is 10.4. The molecule has 1 aromatic heterocycles. The predicted octanol–water partition coefficient (Wildman–Crippen LogP) is 2.14. The topological polar surface area (TPSA) is 69.9 Å². The molecule has 0 saturated heterocycles. The van der Waals surface area contributed by atoms with E-state index in [1.165, 1.54) is 4.68 Å². The molecule has 90 valence electrons. The first-order valence-corrected chi connectivity index (χ1v) is 5.60. The largest absolute Gasteiger partial charge is 0.382 e. The number of anilines is 1. The number of aromatic nitrogens is 2. The van der Waals surface area contributed by atoms with Gasteiger partial charge in [-0.3, -0.25) is 0 Å². The van der Waals surface area contributed by atoms with Gasteiger partial charge in [-0.1, -0.05) is 51.1 Å². The van der Waals surface area contributed by atoms with E-state index in [1.807, 2.05) is 30.3 Å². The molecule has 4 N–H and O–H groups in total. The van der Waals surface area contributed by atoms with Gasteiger partial charge < -0.3 is 11.6 Å². The van der Waals surface area contributed by atoms with Crippen molar-refractivity contribution in [3.63, 3.8) is 0 Å². The van der Waals surface area contributed by atoms with Crippen LogP contribution in [-0.2, 0) is 5.41 Å². The third-order valence-corrected chi connectivity index (χ3v) is 2.69. The highest BCUT2D eigenvalue weighted by atomic mass is 15.4. The Kier molecular flexibility index (Phi) is 2.58. The summed E-state index contributed by atoms with van der Waals surface area (Å²) in [6.45, 7) is 6.21. The van der Waals surface area contributed by atoms with Crippen LogP contribution < -0.4 is 11.6 Å². The Balaban J connectivity index is 2.59. The Hall–Kier alpha value is -1.97. The zero-order chi connectivity index (χ0) is 12.6. The Morgan fingerprint density at radius 1 is 1.12 bits per heavy atom. The van der Waals surface area contributed by atoms with E-state index >= 15 is 0 Å². The minimum atomic E-state index is -0.113. The average molecular weight is 230 g/mol. The van der Waals surface area contributed by atoms with Gasteiger partial charge in [0, 0.05) is 11.0 Å². The Labute approximate surface area is 101 Å². The minimum Gasteiger partial charge on any atom is -0.382 e. The summed E-state index contributed by atoms with van der Waals surface area (Å²) in [5.41, 5.74) is 7.69. The summed E-state index contributed by atoms with van der Waals surface area (Å²) in [7, 11) is 0. The molecule has 4 heteroatoms. The van der Waals surface area contributed by atoms with Gasteiger partial charge in [0.1, 0.15) is 5.82 Å². The molecular formula is C13H18N4. The lowest BCUT2D eigenvalue weighted by Crippen LogP contribution is -2.17. The number of benzene rings is 1. The van der Waals surface area contributed by atoms with Gasteiger partial charge in [0.15, 0.2) is 5.82 Å². The standard InChI is InChI=1S/C13H18N4/c1-13(2,3)10-11(14)17(15)12(16-10)9-7-5-4-6-8-9/h4-8H,14-15H2,1-3H3. The van der Waals surface area contributed by atoms with Crippen LogP contribution in [-0.4, -0.2) is 9.66 Å². The second-order valence-corrected chi connectivity index (χ2v) is 5.16. The van der Waals surface area contributed by atoms with Crippen LogP contribution in [0.4, 0.5) is 5.82 Å². The summed E-state index contributed by atoms with van der Waals surface area (Å²) in [5.74, 6) is 7.19. The van der Waals surface area contributed by atoms with Crippen molar-refractivity contribution in [3.05, 3.63) is 36.0 Å². The van der Waals surface area contributed by atoms with Crippen LogP contribution >= 0.6 is 0 Å². The molecule has 1 heterocycles. The normalized spacial score (nSPS) is 11.7.